The second kappa shape index (κ2) is 6.99. The molecule has 0 saturated heterocycles. The summed E-state index contributed by atoms with van der Waals surface area (Å²) in [4.78, 5) is 28.5. The maximum atomic E-state index is 12.6. The van der Waals surface area contributed by atoms with Crippen LogP contribution >= 0.6 is 11.8 Å². The van der Waals surface area contributed by atoms with E-state index < -0.39 is 18.6 Å². The Balaban J connectivity index is 1.87. The molecule has 0 saturated carbocycles. The first kappa shape index (κ1) is 18.2. The molecule has 0 atom stereocenters. The Kier molecular flexibility index (Phi) is 4.90. The summed E-state index contributed by atoms with van der Waals surface area (Å²) in [5.41, 5.74) is 0.198. The van der Waals surface area contributed by atoms with Crippen molar-refractivity contribution in [2.45, 2.75) is 11.3 Å². The van der Waals surface area contributed by atoms with Crippen LogP contribution in [0.25, 0.3) is 21.7 Å². The monoisotopic (exact) mass is 381 g/mol. The molecule has 5 nitrogen and oxygen atoms in total. The van der Waals surface area contributed by atoms with Gasteiger partial charge in [0.1, 0.15) is 6.54 Å². The van der Waals surface area contributed by atoms with Crippen molar-refractivity contribution in [3.8, 4) is 0 Å². The maximum Gasteiger partial charge on any atom is 0.405 e. The van der Waals surface area contributed by atoms with Crippen LogP contribution in [0.2, 0.25) is 0 Å². The van der Waals surface area contributed by atoms with Crippen LogP contribution in [-0.4, -0.2) is 33.9 Å². The molecule has 0 bridgehead atoms. The van der Waals surface area contributed by atoms with Gasteiger partial charge in [0.15, 0.2) is 5.16 Å². The number of hydrogen-bond donors (Lipinski definition) is 1. The highest BCUT2D eigenvalue weighted by atomic mass is 32.2. The zero-order valence-corrected chi connectivity index (χ0v) is 14.4. The number of alkyl halides is 3. The third-order valence-corrected chi connectivity index (χ3v) is 4.75. The lowest BCUT2D eigenvalue weighted by molar-refractivity contribution is -0.136. The minimum Gasteiger partial charge on any atom is -0.346 e. The second-order valence-corrected chi connectivity index (χ2v) is 6.60. The summed E-state index contributed by atoms with van der Waals surface area (Å²) in [6.07, 6.45) is -4.46. The molecule has 0 spiro atoms. The Labute approximate surface area is 150 Å². The predicted octanol–water partition coefficient (Wildman–Crippen LogP) is 2.86. The molecule has 0 aliphatic rings. The minimum atomic E-state index is -4.46. The van der Waals surface area contributed by atoms with Gasteiger partial charge in [-0.15, -0.1) is 0 Å². The van der Waals surface area contributed by atoms with Crippen LogP contribution in [-0.2, 0) is 11.8 Å². The van der Waals surface area contributed by atoms with Crippen molar-refractivity contribution in [2.75, 3.05) is 12.3 Å². The zero-order valence-electron chi connectivity index (χ0n) is 13.6. The number of carbonyl (C=O) groups excluding carboxylic acids is 1. The third kappa shape index (κ3) is 3.98. The van der Waals surface area contributed by atoms with E-state index >= 15 is 0 Å². The smallest absolute Gasteiger partial charge is 0.346 e. The number of amides is 1. The normalized spacial score (nSPS) is 11.8. The molecule has 0 aliphatic heterocycles. The lowest BCUT2D eigenvalue weighted by Gasteiger charge is -2.10. The Morgan fingerprint density at radius 1 is 1.23 bits per heavy atom. The number of thioether (sulfide) groups is 1. The van der Waals surface area contributed by atoms with Crippen LogP contribution in [0.3, 0.4) is 0 Å². The van der Waals surface area contributed by atoms with E-state index in [9.17, 15) is 22.8 Å². The Bertz CT molecular complexity index is 1050. The van der Waals surface area contributed by atoms with Gasteiger partial charge in [0.2, 0.25) is 5.91 Å². The molecule has 0 unspecified atom stereocenters. The van der Waals surface area contributed by atoms with Gasteiger partial charge in [0, 0.05) is 7.05 Å². The fraction of sp³-hybridized carbons (Fsp3) is 0.235. The Morgan fingerprint density at radius 3 is 2.54 bits per heavy atom. The number of fused-ring (bicyclic) bond motifs is 2. The van der Waals surface area contributed by atoms with Crippen molar-refractivity contribution in [1.82, 2.24) is 14.9 Å². The Hall–Kier alpha value is -2.55. The summed E-state index contributed by atoms with van der Waals surface area (Å²) in [6, 6.07) is 11.1. The first-order chi connectivity index (χ1) is 12.2. The van der Waals surface area contributed by atoms with Gasteiger partial charge < -0.3 is 5.32 Å². The SMILES string of the molecule is Cn1c(SCC(=O)NCC(F)(F)F)nc2cc3ccccc3cc2c1=O. The average Bonchev–Trinajstić information content (AvgIpc) is 2.60. The van der Waals surface area contributed by atoms with Crippen LogP contribution in [0, 0.1) is 0 Å². The second-order valence-electron chi connectivity index (χ2n) is 5.66. The van der Waals surface area contributed by atoms with Gasteiger partial charge >= 0.3 is 6.18 Å². The number of rotatable bonds is 4. The van der Waals surface area contributed by atoms with E-state index in [1.807, 2.05) is 24.3 Å². The number of carbonyl (C=O) groups is 1. The summed E-state index contributed by atoms with van der Waals surface area (Å²) in [7, 11) is 1.51. The van der Waals surface area contributed by atoms with Crippen LogP contribution in [0.5, 0.6) is 0 Å². The van der Waals surface area contributed by atoms with Crippen LogP contribution in [0.15, 0.2) is 46.3 Å². The molecular formula is C17H14F3N3O2S. The lowest BCUT2D eigenvalue weighted by Crippen LogP contribution is -2.34. The van der Waals surface area contributed by atoms with E-state index in [4.69, 9.17) is 0 Å². The van der Waals surface area contributed by atoms with E-state index in [1.54, 1.807) is 17.4 Å². The van der Waals surface area contributed by atoms with E-state index in [-0.39, 0.29) is 16.5 Å². The van der Waals surface area contributed by atoms with E-state index in [1.165, 1.54) is 11.6 Å². The van der Waals surface area contributed by atoms with Gasteiger partial charge in [-0.1, -0.05) is 36.0 Å². The molecule has 1 amide bonds. The largest absolute Gasteiger partial charge is 0.405 e. The maximum absolute atomic E-state index is 12.6. The molecule has 0 radical (unpaired) electrons. The average molecular weight is 381 g/mol. The number of halogens is 3. The summed E-state index contributed by atoms with van der Waals surface area (Å²) in [5.74, 6) is -1.05. The van der Waals surface area contributed by atoms with Gasteiger partial charge in [0.25, 0.3) is 5.56 Å². The summed E-state index contributed by atoms with van der Waals surface area (Å²) in [6.45, 7) is -1.39. The van der Waals surface area contributed by atoms with Crippen molar-refractivity contribution in [3.05, 3.63) is 46.8 Å². The molecule has 0 aliphatic carbocycles. The lowest BCUT2D eigenvalue weighted by atomic mass is 10.1. The third-order valence-electron chi connectivity index (χ3n) is 3.72. The molecule has 3 aromatic rings. The molecule has 2 aromatic carbocycles. The van der Waals surface area contributed by atoms with Crippen LogP contribution < -0.4 is 10.9 Å². The van der Waals surface area contributed by atoms with Crippen molar-refractivity contribution >= 4 is 39.3 Å². The van der Waals surface area contributed by atoms with E-state index in [0.717, 1.165) is 22.5 Å². The highest BCUT2D eigenvalue weighted by Gasteiger charge is 2.27. The molecule has 9 heteroatoms. The van der Waals surface area contributed by atoms with Gasteiger partial charge in [0.05, 0.1) is 16.7 Å². The summed E-state index contributed by atoms with van der Waals surface area (Å²) in [5, 5.41) is 4.32. The molecule has 3 rings (SSSR count). The molecule has 1 N–H and O–H groups in total. The quantitative estimate of drug-likeness (QED) is 0.429. The van der Waals surface area contributed by atoms with Crippen molar-refractivity contribution in [1.29, 1.82) is 0 Å². The fourth-order valence-corrected chi connectivity index (χ4v) is 3.25. The van der Waals surface area contributed by atoms with E-state index in [2.05, 4.69) is 4.98 Å². The summed E-state index contributed by atoms with van der Waals surface area (Å²) >= 11 is 0.913. The van der Waals surface area contributed by atoms with Gasteiger partial charge in [-0.05, 0) is 22.9 Å². The predicted molar refractivity (Wildman–Crippen MR) is 94.3 cm³/mol. The number of hydrogen-bond acceptors (Lipinski definition) is 4. The minimum absolute atomic E-state index is 0.264. The molecule has 26 heavy (non-hydrogen) atoms. The molecule has 1 heterocycles. The molecule has 0 fully saturated rings. The van der Waals surface area contributed by atoms with Gasteiger partial charge in [-0.3, -0.25) is 14.2 Å². The van der Waals surface area contributed by atoms with Gasteiger partial charge in [-0.2, -0.15) is 13.2 Å². The Morgan fingerprint density at radius 2 is 1.88 bits per heavy atom. The van der Waals surface area contributed by atoms with Crippen molar-refractivity contribution in [2.24, 2.45) is 7.05 Å². The highest BCUT2D eigenvalue weighted by Crippen LogP contribution is 2.22. The van der Waals surface area contributed by atoms with Gasteiger partial charge in [-0.25, -0.2) is 4.98 Å². The fourth-order valence-electron chi connectivity index (χ4n) is 2.45. The van der Waals surface area contributed by atoms with Crippen LogP contribution in [0.1, 0.15) is 0 Å². The number of aromatic nitrogens is 2. The summed E-state index contributed by atoms with van der Waals surface area (Å²) < 4.78 is 37.6. The van der Waals surface area contributed by atoms with E-state index in [0.29, 0.717) is 10.9 Å². The molecule has 1 aromatic heterocycles. The first-order valence-electron chi connectivity index (χ1n) is 7.60. The number of nitrogens with zero attached hydrogens (tertiary/aromatic N) is 2. The number of nitrogens with one attached hydrogen (secondary N) is 1. The topological polar surface area (TPSA) is 64.0 Å². The molecular weight excluding hydrogens is 367 g/mol. The standard InChI is InChI=1S/C17H14F3N3O2S/c1-23-15(25)12-6-10-4-2-3-5-11(10)7-13(12)22-16(23)26-8-14(24)21-9-17(18,19)20/h2-7H,8-9H2,1H3,(H,21,24). The van der Waals surface area contributed by atoms with Crippen LogP contribution in [0.4, 0.5) is 13.2 Å². The van der Waals surface area contributed by atoms with Crippen molar-refractivity contribution in [3.63, 3.8) is 0 Å². The van der Waals surface area contributed by atoms with Crippen molar-refractivity contribution < 1.29 is 18.0 Å². The molecule has 136 valence electrons. The zero-order chi connectivity index (χ0) is 18.9. The number of benzene rings is 2. The first-order valence-corrected chi connectivity index (χ1v) is 8.59. The highest BCUT2D eigenvalue weighted by molar-refractivity contribution is 7.99.